The maximum atomic E-state index is 12.3. The predicted octanol–water partition coefficient (Wildman–Crippen LogP) is 21.6. The Labute approximate surface area is 909 Å². The van der Waals surface area contributed by atoms with Crippen LogP contribution in [0.5, 0.6) is 0 Å². The Morgan fingerprint density at radius 2 is 0.807 bits per heavy atom. The maximum absolute atomic E-state index is 12.3. The molecule has 23 aromatic rings. The van der Waals surface area contributed by atoms with Gasteiger partial charge in [0.05, 0.1) is 41.9 Å². The summed E-state index contributed by atoms with van der Waals surface area (Å²) < 4.78 is 51.0. The molecule has 0 bridgehead atoms. The van der Waals surface area contributed by atoms with Crippen molar-refractivity contribution in [2.45, 2.75) is 38.9 Å². The van der Waals surface area contributed by atoms with Crippen LogP contribution in [0.15, 0.2) is 325 Å². The molecule has 15 aromatic carbocycles. The number of alkyl halides is 1. The summed E-state index contributed by atoms with van der Waals surface area (Å²) in [5, 5.41) is 46.1. The van der Waals surface area contributed by atoms with Crippen LogP contribution in [-0.2, 0) is 23.6 Å². The number of amides is 2. The van der Waals surface area contributed by atoms with Gasteiger partial charge < -0.3 is 47.4 Å². The molecule has 2 amide bonds. The second-order valence-corrected chi connectivity index (χ2v) is 44.7. The molecular weight excluding hydrogens is 2010 g/mol. The van der Waals surface area contributed by atoms with Gasteiger partial charge in [-0.1, -0.05) is 224 Å². The first kappa shape index (κ1) is 101. The number of nitrogens with one attached hydrogen (secondary N) is 1. The summed E-state index contributed by atoms with van der Waals surface area (Å²) >= 11 is 32.3. The third kappa shape index (κ3) is 22.6. The molecule has 9 heterocycles. The number of carbonyl (C=O) groups is 3. The number of rotatable bonds is 6. The molecule has 664 valence electrons. The van der Waals surface area contributed by atoms with Gasteiger partial charge in [0.2, 0.25) is 11.8 Å². The summed E-state index contributed by atoms with van der Waals surface area (Å²) in [4.78, 5) is 58.5. The minimum atomic E-state index is -3.22. The topological polar surface area (TPSA) is 270 Å². The Morgan fingerprint density at radius 3 is 1.24 bits per heavy atom. The van der Waals surface area contributed by atoms with Gasteiger partial charge in [-0.25, -0.2) is 4.98 Å². The molecule has 0 saturated carbocycles. The normalized spacial score (nSPS) is 12.5. The van der Waals surface area contributed by atoms with Gasteiger partial charge in [0.25, 0.3) is 12.0 Å². The van der Waals surface area contributed by atoms with Crippen molar-refractivity contribution in [3.63, 3.8) is 0 Å². The van der Waals surface area contributed by atoms with Gasteiger partial charge in [-0.15, -0.1) is 56.7 Å². The van der Waals surface area contributed by atoms with Crippen molar-refractivity contribution in [2.24, 2.45) is 11.5 Å². The van der Waals surface area contributed by atoms with E-state index in [1.165, 1.54) is 112 Å². The Morgan fingerprint density at radius 1 is 0.474 bits per heavy atom. The number of aromatic amines is 1. The Bertz CT molecular complexity index is 8580. The molecule has 1 aliphatic rings. The molecule has 8 aromatic heterocycles. The monoisotopic (exact) mass is 2090 g/mol. The zero-order valence-corrected chi connectivity index (χ0v) is 88.7. The van der Waals surface area contributed by atoms with Crippen LogP contribution in [0.4, 0.5) is 4.39 Å². The van der Waals surface area contributed by atoms with Gasteiger partial charge >= 0.3 is 122 Å². The van der Waals surface area contributed by atoms with E-state index in [2.05, 4.69) is 286 Å². The molecule has 0 aliphatic carbocycles. The first-order valence-electron chi connectivity index (χ1n) is 41.7. The fourth-order valence-corrected chi connectivity index (χ4v) is 22.5. The predicted molar refractivity (Wildman–Crippen MR) is 566 cm³/mol. The molecule has 0 radical (unpaired) electrons. The number of nitrogens with zero attached hydrogens (tertiary/aromatic N) is 2. The van der Waals surface area contributed by atoms with E-state index in [1.807, 2.05) is 114 Å². The van der Waals surface area contributed by atoms with Gasteiger partial charge in [-0.3, -0.25) is 33.1 Å². The third-order valence-corrected chi connectivity index (χ3v) is 29.5. The molecule has 7 N–H and O–H groups in total. The van der Waals surface area contributed by atoms with Crippen LogP contribution in [0.25, 0.3) is 177 Å². The van der Waals surface area contributed by atoms with Crippen LogP contribution in [-0.4, -0.2) is 75.9 Å². The quantitative estimate of drug-likeness (QED) is 0.0197. The van der Waals surface area contributed by atoms with E-state index in [9.17, 15) is 23.3 Å². The number of carbonyl (C=O) groups excluding carboxylic acids is 3. The molecule has 32 heteroatoms. The molecule has 1 saturated heterocycles. The van der Waals surface area contributed by atoms with Crippen LogP contribution in [0, 0.1) is 0 Å². The second kappa shape index (κ2) is 44.8. The van der Waals surface area contributed by atoms with Gasteiger partial charge in [0, 0.05) is 149 Å². The van der Waals surface area contributed by atoms with E-state index >= 15 is 0 Å². The van der Waals surface area contributed by atoms with Crippen molar-refractivity contribution in [1.29, 1.82) is 0 Å². The number of thiophene rings is 5. The van der Waals surface area contributed by atoms with E-state index in [4.69, 9.17) is 58.8 Å². The summed E-state index contributed by atoms with van der Waals surface area (Å²) in [6.07, 6.45) is 0. The van der Waals surface area contributed by atoms with E-state index in [-0.39, 0.29) is 116 Å². The number of halogens is 6. The second-order valence-electron chi connectivity index (χ2n) is 31.4. The Kier molecular flexibility index (Phi) is 33.6. The number of H-pyrrole nitrogens is 1. The standard InChI is InChI=1S/C25H22BNO2S.C19H10ClNS.C19H11NOS.C19H13NOS.C12H9BO2S.C7H6BrNO.CH3F.CH2O3.Cl3OP.2K.H/c1-24(2)25(3,4)29-26(28-24)23-17-11-6-5-9-15(17)18-14-22-19(13-20(18)27-23)16-10-7-8-12-21(16)30-22;20-19-13-7-2-1-5-11(13)14-10-18-15(9-16(14)21-19)12-6-3-4-8-17(12)22-18;21-19-13-7-2-1-5-11(13)14-10-18-15(9-16(14)20-19)12-6-3-4-8-17(12)22-18;20-19(21)16-7-2-1-5-13(16)12-9-10-15-14-6-3-4-8-17(14)22-18(15)11-12;14-13(15)8-5-6-10-9-3-1-2-4-11(9)16-12(10)7-8;8-6-4-2-1-3-5(6)7(9)10;1-2;2-1-4-3;1-5(2,3)4;;;/h5-14H,1-4H3;1-10H;1-10H,(H,20,21);1-11H,(H2,20,21);1-7,14-15H;1-4H,(H2,9,10);1H3;1,3H;;;;/q;;;;;;;;;2*+1;-1/p-1/i;;;;;;1D;;;;;. The van der Waals surface area contributed by atoms with Crippen LogP contribution < -0.4 is 136 Å². The van der Waals surface area contributed by atoms with Crippen LogP contribution in [0.3, 0.4) is 0 Å². The summed E-state index contributed by atoms with van der Waals surface area (Å²) in [5.74, 6) is -0.806. The van der Waals surface area contributed by atoms with Crippen molar-refractivity contribution in [3.8, 4) is 11.1 Å². The smallest absolute Gasteiger partial charge is 1.00 e. The molecule has 24 rings (SSSR count). The molecule has 1 fully saturated rings. The summed E-state index contributed by atoms with van der Waals surface area (Å²) in [5.41, 5.74) is 16.9. The number of nitrogens with two attached hydrogens (primary N) is 2. The van der Waals surface area contributed by atoms with E-state index in [0.29, 0.717) is 21.7 Å². The van der Waals surface area contributed by atoms with Crippen LogP contribution in [0.2, 0.25) is 5.15 Å². The minimum Gasteiger partial charge on any atom is -1.00 e. The first-order valence-corrected chi connectivity index (χ1v) is 50.7. The molecule has 135 heavy (non-hydrogen) atoms. The van der Waals surface area contributed by atoms with E-state index in [1.54, 1.807) is 64.3 Å². The van der Waals surface area contributed by atoms with Crippen LogP contribution in [0.1, 0.15) is 51.2 Å². The largest absolute Gasteiger partial charge is 1.00 e. The molecular formula is C103H76B2BrCl4FK2N5O11PS5. The first-order chi connectivity index (χ1) is 64.5. The van der Waals surface area contributed by atoms with Gasteiger partial charge in [-0.05, 0) is 213 Å². The maximum Gasteiger partial charge on any atom is 1.00 e. The fraction of sp³-hybridized carbons (Fsp3) is 0.0680. The van der Waals surface area contributed by atoms with E-state index in [0.717, 1.165) is 74.8 Å². The number of fused-ring (bicyclic) bond motifs is 24. The zero-order valence-electron chi connectivity index (χ0n) is 74.8. The number of benzene rings is 15. The molecule has 16 nitrogen and oxygen atoms in total. The van der Waals surface area contributed by atoms with Gasteiger partial charge in [0.15, 0.2) is 0 Å². The van der Waals surface area contributed by atoms with Gasteiger partial charge in [-0.2, -0.15) is 0 Å². The zero-order chi connectivity index (χ0) is 94.4. The van der Waals surface area contributed by atoms with Crippen molar-refractivity contribution in [3.05, 3.63) is 347 Å². The summed E-state index contributed by atoms with van der Waals surface area (Å²) in [7, 11) is -2.88. The minimum absolute atomic E-state index is 0. The number of hydrogen-bond acceptors (Lipinski definition) is 18. The van der Waals surface area contributed by atoms with Crippen molar-refractivity contribution < 1.29 is 158 Å². The molecule has 0 atom stereocenters. The summed E-state index contributed by atoms with van der Waals surface area (Å²) in [6, 6.07) is 106. The third-order valence-electron chi connectivity index (χ3n) is 22.8. The number of pyridine rings is 3. The van der Waals surface area contributed by atoms with E-state index < -0.39 is 49.6 Å². The number of hydrogen-bond donors (Lipinski definition) is 5. The van der Waals surface area contributed by atoms with Crippen molar-refractivity contribution >= 4 is 333 Å². The average molecular weight is 2090 g/mol. The molecule has 0 spiro atoms. The SMILES string of the molecule is CC1(C)OB(c2nc3cc4c(cc3c3ccccc23)sc2ccccc24)OC1(C)C.Clc1nc2cc3c(cc2c2ccccc12)sc1ccccc13.NC(=O)c1ccccc1-c1ccc2c(c1)sc1ccccc12.NC(=O)c1ccccc1Br.O=CO[O-].O=P(Cl)(Cl)Cl.O=c1[nH]c2cc3c(cc2c2ccccc12)sc1ccccc13.OB(O)c1ccc2c(c1)sc1ccccc12.[2H]CF.[H-].[K+].[K+]. The van der Waals surface area contributed by atoms with Crippen LogP contribution >= 0.6 is 123 Å². The average Bonchev–Trinajstić information content (AvgIpc) is 1.58. The Hall–Kier alpha value is -8.38. The molecule has 0 unspecified atom stereocenters. The van der Waals surface area contributed by atoms with Crippen molar-refractivity contribution in [1.82, 2.24) is 15.0 Å². The fourth-order valence-electron chi connectivity index (χ4n) is 16.1. The van der Waals surface area contributed by atoms with Gasteiger partial charge in [0.1, 0.15) is 5.15 Å². The summed E-state index contributed by atoms with van der Waals surface area (Å²) in [6.45, 7) is 8.14. The molecule has 1 aliphatic heterocycles. The number of aromatic nitrogens is 3. The van der Waals surface area contributed by atoms with Crippen molar-refractivity contribution in [2.75, 3.05) is 7.15 Å². The Balaban J connectivity index is 0.000000138. The number of primary amides is 2.